The second kappa shape index (κ2) is 4.39. The molecule has 1 aliphatic carbocycles. The van der Waals surface area contributed by atoms with Crippen molar-refractivity contribution < 1.29 is 4.74 Å². The Balaban J connectivity index is 1.67. The van der Waals surface area contributed by atoms with Crippen LogP contribution in [-0.2, 0) is 11.5 Å². The van der Waals surface area contributed by atoms with Gasteiger partial charge in [-0.15, -0.1) is 11.3 Å². The fourth-order valence-electron chi connectivity index (χ4n) is 1.65. The fourth-order valence-corrected chi connectivity index (χ4v) is 2.38. The Kier molecular flexibility index (Phi) is 2.76. The van der Waals surface area contributed by atoms with E-state index in [-0.39, 0.29) is 0 Å². The van der Waals surface area contributed by atoms with Gasteiger partial charge in [0.1, 0.15) is 6.73 Å². The van der Waals surface area contributed by atoms with Crippen molar-refractivity contribution in [2.75, 3.05) is 6.61 Å². The van der Waals surface area contributed by atoms with E-state index in [1.54, 1.807) is 11.3 Å². The molecular weight excluding hydrogens is 220 g/mol. The third-order valence-electron chi connectivity index (χ3n) is 2.74. The fraction of sp³-hybridized carbons (Fsp3) is 0.417. The Labute approximate surface area is 98.7 Å². The highest BCUT2D eigenvalue weighted by molar-refractivity contribution is 7.13. The first-order valence-corrected chi connectivity index (χ1v) is 6.44. The molecule has 0 N–H and O–H groups in total. The van der Waals surface area contributed by atoms with Crippen molar-refractivity contribution in [2.45, 2.75) is 19.6 Å². The van der Waals surface area contributed by atoms with Gasteiger partial charge < -0.3 is 9.30 Å². The maximum atomic E-state index is 5.67. The number of hydrogen-bond donors (Lipinski definition) is 0. The first-order valence-electron chi connectivity index (χ1n) is 5.56. The first kappa shape index (κ1) is 10.1. The van der Waals surface area contributed by atoms with Crippen LogP contribution in [0.4, 0.5) is 0 Å². The summed E-state index contributed by atoms with van der Waals surface area (Å²) >= 11 is 1.71. The average Bonchev–Trinajstić information content (AvgIpc) is 2.82. The van der Waals surface area contributed by atoms with Crippen LogP contribution in [0.25, 0.3) is 10.7 Å². The summed E-state index contributed by atoms with van der Waals surface area (Å²) in [6.45, 7) is 1.51. The third kappa shape index (κ3) is 2.18. The van der Waals surface area contributed by atoms with Crippen molar-refractivity contribution in [1.29, 1.82) is 0 Å². The smallest absolute Gasteiger partial charge is 0.151 e. The Morgan fingerprint density at radius 2 is 2.44 bits per heavy atom. The quantitative estimate of drug-likeness (QED) is 0.795. The summed E-state index contributed by atoms with van der Waals surface area (Å²) < 4.78 is 7.73. The molecule has 84 valence electrons. The number of hydrogen-bond acceptors (Lipinski definition) is 3. The van der Waals surface area contributed by atoms with Crippen molar-refractivity contribution in [3.05, 3.63) is 29.9 Å². The van der Waals surface area contributed by atoms with Gasteiger partial charge in [0.15, 0.2) is 5.82 Å². The van der Waals surface area contributed by atoms with Gasteiger partial charge in [-0.2, -0.15) is 0 Å². The summed E-state index contributed by atoms with van der Waals surface area (Å²) in [5.74, 6) is 1.82. The molecule has 3 nitrogen and oxygen atoms in total. The molecule has 1 saturated carbocycles. The van der Waals surface area contributed by atoms with Gasteiger partial charge in [-0.25, -0.2) is 4.98 Å². The number of ether oxygens (including phenoxy) is 1. The van der Waals surface area contributed by atoms with E-state index in [0.29, 0.717) is 6.73 Å². The molecule has 0 bridgehead atoms. The molecule has 2 aromatic heterocycles. The minimum atomic E-state index is 0.615. The molecule has 0 aromatic carbocycles. The Bertz CT molecular complexity index is 445. The number of nitrogens with zero attached hydrogens (tertiary/aromatic N) is 2. The molecule has 0 unspecified atom stereocenters. The van der Waals surface area contributed by atoms with Gasteiger partial charge in [0.05, 0.1) is 11.5 Å². The summed E-state index contributed by atoms with van der Waals surface area (Å²) in [6, 6.07) is 4.13. The number of thiophene rings is 1. The van der Waals surface area contributed by atoms with Crippen LogP contribution >= 0.6 is 11.3 Å². The normalized spacial score (nSPS) is 15.5. The van der Waals surface area contributed by atoms with Crippen LogP contribution in [0.2, 0.25) is 0 Å². The van der Waals surface area contributed by atoms with Gasteiger partial charge in [0.2, 0.25) is 0 Å². The van der Waals surface area contributed by atoms with E-state index >= 15 is 0 Å². The van der Waals surface area contributed by atoms with Gasteiger partial charge in [0.25, 0.3) is 0 Å². The van der Waals surface area contributed by atoms with E-state index in [9.17, 15) is 0 Å². The van der Waals surface area contributed by atoms with Crippen molar-refractivity contribution in [2.24, 2.45) is 5.92 Å². The highest BCUT2D eigenvalue weighted by atomic mass is 32.1. The number of rotatable bonds is 5. The Hall–Kier alpha value is -1.13. The third-order valence-corrected chi connectivity index (χ3v) is 3.60. The molecule has 0 spiro atoms. The van der Waals surface area contributed by atoms with Crippen LogP contribution in [0.3, 0.4) is 0 Å². The monoisotopic (exact) mass is 234 g/mol. The van der Waals surface area contributed by atoms with Gasteiger partial charge in [-0.05, 0) is 30.2 Å². The van der Waals surface area contributed by atoms with E-state index in [1.165, 1.54) is 17.7 Å². The Morgan fingerprint density at radius 1 is 1.50 bits per heavy atom. The minimum absolute atomic E-state index is 0.615. The lowest BCUT2D eigenvalue weighted by atomic mass is 10.4. The summed E-state index contributed by atoms with van der Waals surface area (Å²) in [5.41, 5.74) is 0. The van der Waals surface area contributed by atoms with Crippen molar-refractivity contribution >= 4 is 11.3 Å². The van der Waals surface area contributed by atoms with Crippen molar-refractivity contribution in [1.82, 2.24) is 9.55 Å². The molecule has 4 heteroatoms. The van der Waals surface area contributed by atoms with Crippen LogP contribution in [0, 0.1) is 5.92 Å². The molecule has 2 aromatic rings. The van der Waals surface area contributed by atoms with Gasteiger partial charge in [0, 0.05) is 12.4 Å². The molecular formula is C12H14N2OS. The second-order valence-electron chi connectivity index (χ2n) is 4.14. The van der Waals surface area contributed by atoms with Gasteiger partial charge in [-0.3, -0.25) is 0 Å². The second-order valence-corrected chi connectivity index (χ2v) is 5.09. The zero-order chi connectivity index (χ0) is 10.8. The van der Waals surface area contributed by atoms with E-state index in [1.807, 2.05) is 18.5 Å². The summed E-state index contributed by atoms with van der Waals surface area (Å²) in [6.07, 6.45) is 6.47. The number of aromatic nitrogens is 2. The maximum absolute atomic E-state index is 5.67. The van der Waals surface area contributed by atoms with E-state index < -0.39 is 0 Å². The lowest BCUT2D eigenvalue weighted by molar-refractivity contribution is 0.0700. The topological polar surface area (TPSA) is 27.1 Å². The minimum Gasteiger partial charge on any atom is -0.360 e. The largest absolute Gasteiger partial charge is 0.360 e. The van der Waals surface area contributed by atoms with Crippen LogP contribution in [-0.4, -0.2) is 16.2 Å². The van der Waals surface area contributed by atoms with Gasteiger partial charge >= 0.3 is 0 Å². The van der Waals surface area contributed by atoms with Crippen molar-refractivity contribution in [3.8, 4) is 10.7 Å². The van der Waals surface area contributed by atoms with Crippen LogP contribution in [0.15, 0.2) is 29.9 Å². The maximum Gasteiger partial charge on any atom is 0.151 e. The highest BCUT2D eigenvalue weighted by Gasteiger charge is 2.21. The molecule has 1 aliphatic rings. The summed E-state index contributed by atoms with van der Waals surface area (Å²) in [4.78, 5) is 5.56. The zero-order valence-corrected chi connectivity index (χ0v) is 9.82. The highest BCUT2D eigenvalue weighted by Crippen LogP contribution is 2.29. The molecule has 0 amide bonds. The first-order chi connectivity index (χ1) is 7.93. The van der Waals surface area contributed by atoms with E-state index in [2.05, 4.69) is 21.0 Å². The predicted octanol–water partition coefficient (Wildman–Crippen LogP) is 3.00. The molecule has 2 heterocycles. The lowest BCUT2D eigenvalue weighted by Crippen LogP contribution is -2.05. The lowest BCUT2D eigenvalue weighted by Gasteiger charge is -2.07. The zero-order valence-electron chi connectivity index (χ0n) is 9.00. The Morgan fingerprint density at radius 3 is 3.19 bits per heavy atom. The molecule has 0 radical (unpaired) electrons. The molecule has 1 fully saturated rings. The van der Waals surface area contributed by atoms with E-state index in [0.717, 1.165) is 18.3 Å². The average molecular weight is 234 g/mol. The summed E-state index contributed by atoms with van der Waals surface area (Å²) in [5, 5.41) is 2.07. The predicted molar refractivity (Wildman–Crippen MR) is 64.2 cm³/mol. The summed E-state index contributed by atoms with van der Waals surface area (Å²) in [7, 11) is 0. The molecule has 0 aliphatic heterocycles. The standard InChI is InChI=1S/C12H14N2OS/c1-2-11(16-7-1)12-13-5-6-14(12)9-15-8-10-3-4-10/h1-2,5-7,10H,3-4,8-9H2. The van der Waals surface area contributed by atoms with Gasteiger partial charge in [-0.1, -0.05) is 6.07 Å². The molecule has 16 heavy (non-hydrogen) atoms. The van der Waals surface area contributed by atoms with E-state index in [4.69, 9.17) is 4.74 Å². The van der Waals surface area contributed by atoms with Crippen LogP contribution < -0.4 is 0 Å². The number of imidazole rings is 1. The SMILES string of the molecule is c1csc(-c2nccn2COCC2CC2)c1. The molecule has 0 atom stereocenters. The van der Waals surface area contributed by atoms with Crippen LogP contribution in [0.1, 0.15) is 12.8 Å². The van der Waals surface area contributed by atoms with Crippen molar-refractivity contribution in [3.63, 3.8) is 0 Å². The van der Waals surface area contributed by atoms with Crippen LogP contribution in [0.5, 0.6) is 0 Å². The molecule has 0 saturated heterocycles. The molecule has 3 rings (SSSR count).